The highest BCUT2D eigenvalue weighted by molar-refractivity contribution is 7.16. The van der Waals surface area contributed by atoms with Crippen LogP contribution in [0.3, 0.4) is 0 Å². The molecule has 0 aliphatic rings. The Morgan fingerprint density at radius 1 is 1.24 bits per heavy atom. The second-order valence-electron chi connectivity index (χ2n) is 5.87. The molecule has 1 amide bonds. The van der Waals surface area contributed by atoms with Gasteiger partial charge in [0.15, 0.2) is 5.69 Å². The van der Waals surface area contributed by atoms with Crippen molar-refractivity contribution in [2.75, 3.05) is 11.9 Å². The normalized spacial score (nSPS) is 11.5. The van der Waals surface area contributed by atoms with Gasteiger partial charge in [0.25, 0.3) is 5.56 Å². The number of alkyl halides is 3. The number of esters is 1. The quantitative estimate of drug-likeness (QED) is 0.645. The van der Waals surface area contributed by atoms with Crippen LogP contribution in [0.25, 0.3) is 16.5 Å². The first-order chi connectivity index (χ1) is 13.6. The summed E-state index contributed by atoms with van der Waals surface area (Å²) in [6.07, 6.45) is -4.54. The summed E-state index contributed by atoms with van der Waals surface area (Å²) in [5, 5.41) is 8.41. The molecule has 0 aliphatic heterocycles. The van der Waals surface area contributed by atoms with Gasteiger partial charge in [-0.2, -0.15) is 23.0 Å². The lowest BCUT2D eigenvalue weighted by molar-refractivity contribution is -0.137. The van der Waals surface area contributed by atoms with E-state index in [9.17, 15) is 27.6 Å². The molecule has 1 aromatic carbocycles. The Kier molecular flexibility index (Phi) is 5.42. The number of thiophene rings is 1. The summed E-state index contributed by atoms with van der Waals surface area (Å²) in [6, 6.07) is 3.75. The molecule has 0 spiro atoms. The molecule has 152 valence electrons. The molecule has 3 rings (SSSR count). The molecular formula is C18H14F3N3O4S. The minimum absolute atomic E-state index is 0.0168. The number of nitrogens with zero attached hydrogens (tertiary/aromatic N) is 2. The molecule has 2 aromatic heterocycles. The van der Waals surface area contributed by atoms with Crippen molar-refractivity contribution in [1.29, 1.82) is 0 Å². The molecule has 0 saturated carbocycles. The first kappa shape index (κ1) is 20.5. The molecule has 0 saturated heterocycles. The summed E-state index contributed by atoms with van der Waals surface area (Å²) in [5.74, 6) is -1.23. The molecule has 29 heavy (non-hydrogen) atoms. The zero-order valence-corrected chi connectivity index (χ0v) is 16.0. The van der Waals surface area contributed by atoms with Crippen LogP contribution in [0.2, 0.25) is 0 Å². The minimum Gasteiger partial charge on any atom is -0.461 e. The van der Waals surface area contributed by atoms with Crippen molar-refractivity contribution in [2.24, 2.45) is 0 Å². The van der Waals surface area contributed by atoms with Crippen LogP contribution >= 0.6 is 11.3 Å². The van der Waals surface area contributed by atoms with Crippen LogP contribution in [0.1, 0.15) is 29.9 Å². The molecule has 3 aromatic rings. The fourth-order valence-electron chi connectivity index (χ4n) is 2.62. The number of carbonyl (C=O) groups is 2. The maximum absolute atomic E-state index is 13.0. The Labute approximate surface area is 165 Å². The van der Waals surface area contributed by atoms with E-state index in [0.29, 0.717) is 0 Å². The van der Waals surface area contributed by atoms with Crippen LogP contribution in [0.4, 0.5) is 18.2 Å². The highest BCUT2D eigenvalue weighted by atomic mass is 32.1. The molecule has 2 heterocycles. The molecule has 0 radical (unpaired) electrons. The fourth-order valence-corrected chi connectivity index (χ4v) is 3.60. The van der Waals surface area contributed by atoms with Gasteiger partial charge in [0.1, 0.15) is 5.00 Å². The maximum atomic E-state index is 13.0. The average Bonchev–Trinajstić information content (AvgIpc) is 3.05. The van der Waals surface area contributed by atoms with Crippen molar-refractivity contribution >= 4 is 39.0 Å². The summed E-state index contributed by atoms with van der Waals surface area (Å²) in [7, 11) is 0. The number of ether oxygens (including phenoxy) is 1. The van der Waals surface area contributed by atoms with Gasteiger partial charge in [0.2, 0.25) is 5.91 Å². The molecule has 0 fully saturated rings. The summed E-state index contributed by atoms with van der Waals surface area (Å²) >= 11 is 1.02. The van der Waals surface area contributed by atoms with Crippen LogP contribution in [0.15, 0.2) is 34.4 Å². The zero-order valence-electron chi connectivity index (χ0n) is 15.2. The van der Waals surface area contributed by atoms with Crippen molar-refractivity contribution < 1.29 is 27.5 Å². The lowest BCUT2D eigenvalue weighted by atomic mass is 10.2. The van der Waals surface area contributed by atoms with Gasteiger partial charge in [0, 0.05) is 17.7 Å². The Morgan fingerprint density at radius 3 is 2.45 bits per heavy atom. The van der Waals surface area contributed by atoms with E-state index in [1.165, 1.54) is 12.3 Å². The Balaban J connectivity index is 2.26. The first-order valence-electron chi connectivity index (χ1n) is 8.30. The van der Waals surface area contributed by atoms with Gasteiger partial charge in [-0.15, -0.1) is 11.3 Å². The molecule has 0 unspecified atom stereocenters. The van der Waals surface area contributed by atoms with Crippen LogP contribution in [0.5, 0.6) is 0 Å². The molecule has 11 heteroatoms. The van der Waals surface area contributed by atoms with E-state index in [1.807, 2.05) is 0 Å². The van der Waals surface area contributed by atoms with Crippen LogP contribution < -0.4 is 10.9 Å². The summed E-state index contributed by atoms with van der Waals surface area (Å²) in [5.41, 5.74) is -1.75. The molecule has 0 bridgehead atoms. The number of nitrogens with one attached hydrogen (secondary N) is 1. The topological polar surface area (TPSA) is 90.3 Å². The summed E-state index contributed by atoms with van der Waals surface area (Å²) in [6.45, 7) is 2.91. The number of hydrogen-bond acceptors (Lipinski definition) is 6. The third kappa shape index (κ3) is 3.99. The monoisotopic (exact) mass is 425 g/mol. The van der Waals surface area contributed by atoms with Crippen molar-refractivity contribution in [1.82, 2.24) is 9.78 Å². The van der Waals surface area contributed by atoms with Crippen molar-refractivity contribution in [3.05, 3.63) is 51.3 Å². The molecule has 7 nitrogen and oxygen atoms in total. The minimum atomic E-state index is -4.54. The van der Waals surface area contributed by atoms with Crippen LogP contribution in [0, 0.1) is 0 Å². The summed E-state index contributed by atoms with van der Waals surface area (Å²) < 4.78 is 44.2. The number of carbonyl (C=O) groups excluding carboxylic acids is 2. The second kappa shape index (κ2) is 7.66. The smallest absolute Gasteiger partial charge is 0.416 e. The standard InChI is InChI=1S/C18H14F3N3O4S/c1-3-28-17(27)14-12-8-29-15(22-9(2)25)13(12)16(26)24(23-14)11-6-4-10(5-7-11)18(19,20)21/h4-8H,3H2,1-2H3,(H,22,25). The van der Waals surface area contributed by atoms with Crippen LogP contribution in [-0.4, -0.2) is 28.3 Å². The Hall–Kier alpha value is -3.21. The van der Waals surface area contributed by atoms with E-state index in [-0.39, 0.29) is 33.8 Å². The van der Waals surface area contributed by atoms with Gasteiger partial charge < -0.3 is 10.1 Å². The van der Waals surface area contributed by atoms with E-state index >= 15 is 0 Å². The average molecular weight is 425 g/mol. The van der Waals surface area contributed by atoms with Gasteiger partial charge in [-0.25, -0.2) is 4.79 Å². The number of amides is 1. The zero-order chi connectivity index (χ0) is 21.3. The number of aromatic nitrogens is 2. The predicted octanol–water partition coefficient (Wildman–Crippen LogP) is 3.60. The number of fused-ring (bicyclic) bond motifs is 1. The van der Waals surface area contributed by atoms with E-state index < -0.39 is 29.2 Å². The Bertz CT molecular complexity index is 1150. The third-order valence-corrected chi connectivity index (χ3v) is 4.75. The van der Waals surface area contributed by atoms with Gasteiger partial charge >= 0.3 is 12.1 Å². The van der Waals surface area contributed by atoms with E-state index in [0.717, 1.165) is 40.3 Å². The molecular weight excluding hydrogens is 411 g/mol. The largest absolute Gasteiger partial charge is 0.461 e. The highest BCUT2D eigenvalue weighted by Crippen LogP contribution is 2.32. The van der Waals surface area contributed by atoms with Gasteiger partial charge in [0.05, 0.1) is 23.2 Å². The maximum Gasteiger partial charge on any atom is 0.416 e. The number of anilines is 1. The van der Waals surface area contributed by atoms with E-state index in [2.05, 4.69) is 10.4 Å². The van der Waals surface area contributed by atoms with Crippen molar-refractivity contribution in [2.45, 2.75) is 20.0 Å². The lowest BCUT2D eigenvalue weighted by Crippen LogP contribution is -2.25. The lowest BCUT2D eigenvalue weighted by Gasteiger charge is -2.11. The second-order valence-corrected chi connectivity index (χ2v) is 6.75. The molecule has 0 aliphatic carbocycles. The number of rotatable bonds is 4. The Morgan fingerprint density at radius 2 is 1.90 bits per heavy atom. The number of hydrogen-bond donors (Lipinski definition) is 1. The summed E-state index contributed by atoms with van der Waals surface area (Å²) in [4.78, 5) is 36.8. The molecule has 1 N–H and O–H groups in total. The van der Waals surface area contributed by atoms with Gasteiger partial charge in [-0.1, -0.05) is 0 Å². The SMILES string of the molecule is CCOC(=O)c1nn(-c2ccc(C(F)(F)F)cc2)c(=O)c2c(NC(C)=O)scc12. The first-order valence-corrected chi connectivity index (χ1v) is 9.18. The third-order valence-electron chi connectivity index (χ3n) is 3.85. The van der Waals surface area contributed by atoms with E-state index in [4.69, 9.17) is 4.74 Å². The number of halogens is 3. The predicted molar refractivity (Wildman–Crippen MR) is 100 cm³/mol. The highest BCUT2D eigenvalue weighted by Gasteiger charge is 2.30. The molecule has 0 atom stereocenters. The van der Waals surface area contributed by atoms with Gasteiger partial charge in [-0.05, 0) is 31.2 Å². The van der Waals surface area contributed by atoms with Crippen molar-refractivity contribution in [3.63, 3.8) is 0 Å². The number of benzene rings is 1. The fraction of sp³-hybridized carbons (Fsp3) is 0.222. The van der Waals surface area contributed by atoms with Gasteiger partial charge in [-0.3, -0.25) is 9.59 Å². The van der Waals surface area contributed by atoms with Crippen molar-refractivity contribution in [3.8, 4) is 5.69 Å². The van der Waals surface area contributed by atoms with Crippen LogP contribution in [-0.2, 0) is 15.7 Å². The van der Waals surface area contributed by atoms with E-state index in [1.54, 1.807) is 6.92 Å².